The fourth-order valence-electron chi connectivity index (χ4n) is 1.50. The highest BCUT2D eigenvalue weighted by Crippen LogP contribution is 2.18. The van der Waals surface area contributed by atoms with Gasteiger partial charge in [-0.1, -0.05) is 40.2 Å². The van der Waals surface area contributed by atoms with Crippen molar-refractivity contribution in [3.8, 4) is 5.75 Å². The molecule has 0 atom stereocenters. The first kappa shape index (κ1) is 11.9. The highest BCUT2D eigenvalue weighted by atomic mass is 79.9. The van der Waals surface area contributed by atoms with Crippen LogP contribution in [0.25, 0.3) is 0 Å². The Bertz CT molecular complexity index is 523. The van der Waals surface area contributed by atoms with Gasteiger partial charge in [-0.2, -0.15) is 0 Å². The Kier molecular flexibility index (Phi) is 3.94. The Balaban J connectivity index is 2.09. The van der Waals surface area contributed by atoms with Crippen molar-refractivity contribution in [3.05, 3.63) is 64.1 Å². The van der Waals surface area contributed by atoms with Crippen molar-refractivity contribution in [1.82, 2.24) is 0 Å². The van der Waals surface area contributed by atoms with Gasteiger partial charge in [0.05, 0.1) is 5.56 Å². The quantitative estimate of drug-likeness (QED) is 0.800. The summed E-state index contributed by atoms with van der Waals surface area (Å²) in [7, 11) is 0. The lowest BCUT2D eigenvalue weighted by atomic mass is 10.2. The normalized spacial score (nSPS) is 9.94. The number of carbonyl (C=O) groups excluding carboxylic acids is 1. The first-order valence-corrected chi connectivity index (χ1v) is 6.00. The topological polar surface area (TPSA) is 26.3 Å². The first-order valence-electron chi connectivity index (χ1n) is 5.21. The van der Waals surface area contributed by atoms with E-state index in [2.05, 4.69) is 15.9 Å². The van der Waals surface area contributed by atoms with Gasteiger partial charge in [0.15, 0.2) is 6.29 Å². The summed E-state index contributed by atoms with van der Waals surface area (Å²) in [6.45, 7) is 0.449. The summed E-state index contributed by atoms with van der Waals surface area (Å²) in [5.74, 6) is 0.613. The molecule has 0 spiro atoms. The third kappa shape index (κ3) is 3.17. The largest absolute Gasteiger partial charge is 0.488 e. The third-order valence-electron chi connectivity index (χ3n) is 2.33. The van der Waals surface area contributed by atoms with Crippen LogP contribution in [0.2, 0.25) is 0 Å². The summed E-state index contributed by atoms with van der Waals surface area (Å²) in [6.07, 6.45) is 0.802. The predicted molar refractivity (Wildman–Crippen MR) is 70.3 cm³/mol. The monoisotopic (exact) mass is 290 g/mol. The molecule has 86 valence electrons. The molecule has 0 aliphatic rings. The van der Waals surface area contributed by atoms with E-state index in [1.807, 2.05) is 36.4 Å². The minimum Gasteiger partial charge on any atom is -0.488 e. The fourth-order valence-corrected chi connectivity index (χ4v) is 1.94. The van der Waals surface area contributed by atoms with E-state index in [9.17, 15) is 4.79 Å². The zero-order valence-electron chi connectivity index (χ0n) is 9.10. The molecule has 0 saturated carbocycles. The van der Waals surface area contributed by atoms with E-state index in [4.69, 9.17) is 4.74 Å². The number of halogens is 1. The molecule has 0 amide bonds. The Morgan fingerprint density at radius 3 is 2.71 bits per heavy atom. The van der Waals surface area contributed by atoms with E-state index >= 15 is 0 Å². The molecule has 17 heavy (non-hydrogen) atoms. The molecule has 0 fully saturated rings. The number of para-hydroxylation sites is 1. The van der Waals surface area contributed by atoms with Gasteiger partial charge in [0.1, 0.15) is 12.4 Å². The summed E-state index contributed by atoms with van der Waals surface area (Å²) in [6, 6.07) is 15.1. The van der Waals surface area contributed by atoms with E-state index in [0.29, 0.717) is 17.9 Å². The second-order valence-corrected chi connectivity index (χ2v) is 4.49. The molecular weight excluding hydrogens is 280 g/mol. The number of benzene rings is 2. The predicted octanol–water partition coefficient (Wildman–Crippen LogP) is 3.84. The van der Waals surface area contributed by atoms with Crippen LogP contribution in [-0.2, 0) is 6.61 Å². The molecule has 0 N–H and O–H groups in total. The van der Waals surface area contributed by atoms with Crippen LogP contribution in [-0.4, -0.2) is 6.29 Å². The highest BCUT2D eigenvalue weighted by molar-refractivity contribution is 9.10. The number of hydrogen-bond acceptors (Lipinski definition) is 2. The molecule has 2 nitrogen and oxygen atoms in total. The van der Waals surface area contributed by atoms with Crippen molar-refractivity contribution in [2.75, 3.05) is 0 Å². The fraction of sp³-hybridized carbons (Fsp3) is 0.0714. The smallest absolute Gasteiger partial charge is 0.153 e. The van der Waals surface area contributed by atoms with Crippen molar-refractivity contribution in [2.24, 2.45) is 0 Å². The Morgan fingerprint density at radius 2 is 1.94 bits per heavy atom. The standard InChI is InChI=1S/C14H11BrO2/c15-13-6-3-4-11(8-13)10-17-14-7-2-1-5-12(14)9-16/h1-9H,10H2. The summed E-state index contributed by atoms with van der Waals surface area (Å²) in [5.41, 5.74) is 1.63. The van der Waals surface area contributed by atoms with Gasteiger partial charge in [0, 0.05) is 4.47 Å². The van der Waals surface area contributed by atoms with Gasteiger partial charge in [0.2, 0.25) is 0 Å². The van der Waals surface area contributed by atoms with Crippen LogP contribution >= 0.6 is 15.9 Å². The Morgan fingerprint density at radius 1 is 1.12 bits per heavy atom. The van der Waals surface area contributed by atoms with Crippen LogP contribution in [0, 0.1) is 0 Å². The van der Waals surface area contributed by atoms with Crippen molar-refractivity contribution < 1.29 is 9.53 Å². The molecule has 0 heterocycles. The molecule has 0 aromatic heterocycles. The highest BCUT2D eigenvalue weighted by Gasteiger charge is 2.01. The number of rotatable bonds is 4. The molecule has 0 bridgehead atoms. The van der Waals surface area contributed by atoms with Crippen LogP contribution in [0.1, 0.15) is 15.9 Å². The zero-order chi connectivity index (χ0) is 12.1. The second kappa shape index (κ2) is 5.64. The Hall–Kier alpha value is -1.61. The van der Waals surface area contributed by atoms with Crippen LogP contribution in [0.15, 0.2) is 53.0 Å². The van der Waals surface area contributed by atoms with Crippen LogP contribution < -0.4 is 4.74 Å². The van der Waals surface area contributed by atoms with E-state index in [1.165, 1.54) is 0 Å². The van der Waals surface area contributed by atoms with Crippen LogP contribution in [0.5, 0.6) is 5.75 Å². The van der Waals surface area contributed by atoms with E-state index in [-0.39, 0.29) is 0 Å². The molecule has 0 saturated heterocycles. The van der Waals surface area contributed by atoms with Gasteiger partial charge in [-0.3, -0.25) is 4.79 Å². The maximum atomic E-state index is 10.8. The minimum absolute atomic E-state index is 0.449. The van der Waals surface area contributed by atoms with Crippen LogP contribution in [0.4, 0.5) is 0 Å². The molecule has 2 aromatic rings. The van der Waals surface area contributed by atoms with Gasteiger partial charge < -0.3 is 4.74 Å². The number of carbonyl (C=O) groups is 1. The first-order chi connectivity index (χ1) is 8.29. The minimum atomic E-state index is 0.449. The molecule has 3 heteroatoms. The average Bonchev–Trinajstić information content (AvgIpc) is 2.37. The van der Waals surface area contributed by atoms with Gasteiger partial charge in [-0.15, -0.1) is 0 Å². The molecule has 2 rings (SSSR count). The maximum absolute atomic E-state index is 10.8. The van der Waals surface area contributed by atoms with Gasteiger partial charge >= 0.3 is 0 Å². The van der Waals surface area contributed by atoms with E-state index < -0.39 is 0 Å². The maximum Gasteiger partial charge on any atom is 0.153 e. The number of hydrogen-bond donors (Lipinski definition) is 0. The average molecular weight is 291 g/mol. The molecular formula is C14H11BrO2. The molecule has 2 aromatic carbocycles. The summed E-state index contributed by atoms with van der Waals surface area (Å²) < 4.78 is 6.63. The SMILES string of the molecule is O=Cc1ccccc1OCc1cccc(Br)c1. The summed E-state index contributed by atoms with van der Waals surface area (Å²) in [5, 5.41) is 0. The lowest BCUT2D eigenvalue weighted by molar-refractivity contribution is 0.111. The van der Waals surface area contributed by atoms with E-state index in [1.54, 1.807) is 12.1 Å². The number of aldehydes is 1. The molecule has 0 radical (unpaired) electrons. The van der Waals surface area contributed by atoms with Crippen molar-refractivity contribution >= 4 is 22.2 Å². The van der Waals surface area contributed by atoms with Gasteiger partial charge in [-0.05, 0) is 29.8 Å². The lowest BCUT2D eigenvalue weighted by Gasteiger charge is -2.08. The third-order valence-corrected chi connectivity index (χ3v) is 2.82. The molecule has 0 unspecified atom stereocenters. The molecule has 0 aliphatic heterocycles. The van der Waals surface area contributed by atoms with Crippen LogP contribution in [0.3, 0.4) is 0 Å². The van der Waals surface area contributed by atoms with Crippen molar-refractivity contribution in [1.29, 1.82) is 0 Å². The molecule has 0 aliphatic carbocycles. The van der Waals surface area contributed by atoms with Gasteiger partial charge in [-0.25, -0.2) is 0 Å². The Labute approximate surface area is 108 Å². The number of ether oxygens (including phenoxy) is 1. The van der Waals surface area contributed by atoms with E-state index in [0.717, 1.165) is 16.3 Å². The summed E-state index contributed by atoms with van der Waals surface area (Å²) >= 11 is 3.40. The van der Waals surface area contributed by atoms with Crippen molar-refractivity contribution in [3.63, 3.8) is 0 Å². The van der Waals surface area contributed by atoms with Crippen molar-refractivity contribution in [2.45, 2.75) is 6.61 Å². The second-order valence-electron chi connectivity index (χ2n) is 3.57. The zero-order valence-corrected chi connectivity index (χ0v) is 10.7. The van der Waals surface area contributed by atoms with Gasteiger partial charge in [0.25, 0.3) is 0 Å². The lowest BCUT2D eigenvalue weighted by Crippen LogP contribution is -1.97. The summed E-state index contributed by atoms with van der Waals surface area (Å²) in [4.78, 5) is 10.8.